The molecule has 0 spiro atoms. The van der Waals surface area contributed by atoms with Gasteiger partial charge in [0.2, 0.25) is 0 Å². The molecule has 0 unspecified atom stereocenters. The van der Waals surface area contributed by atoms with E-state index in [0.717, 1.165) is 21.9 Å². The van der Waals surface area contributed by atoms with Crippen LogP contribution in [0, 0.1) is 0 Å². The molecular weight excluding hydrogens is 511 g/mol. The first-order valence-corrected chi connectivity index (χ1v) is 14.9. The summed E-state index contributed by atoms with van der Waals surface area (Å²) in [6, 6.07) is 50.0. The van der Waals surface area contributed by atoms with Crippen LogP contribution in [0.15, 0.2) is 144 Å². The van der Waals surface area contributed by atoms with E-state index in [-0.39, 0.29) is 0 Å². The van der Waals surface area contributed by atoms with Gasteiger partial charge in [0.15, 0.2) is 0 Å². The van der Waals surface area contributed by atoms with Crippen molar-refractivity contribution in [3.05, 3.63) is 155 Å². The van der Waals surface area contributed by atoms with Crippen LogP contribution >= 0.6 is 23.2 Å². The number of rotatable bonds is 8. The molecule has 0 N–H and O–H groups in total. The Morgan fingerprint density at radius 1 is 0.514 bits per heavy atom. The Labute approximate surface area is 216 Å². The molecule has 0 aliphatic heterocycles. The predicted molar refractivity (Wildman–Crippen MR) is 155 cm³/mol. The quantitative estimate of drug-likeness (QED) is 0.189. The molecule has 0 amide bonds. The van der Waals surface area contributed by atoms with Gasteiger partial charge in [0, 0.05) is 0 Å². The molecular formula is C32H28BrOP. The maximum absolute atomic E-state index is 6.42. The number of hydrogen-bond acceptors (Lipinski definition) is 1. The molecule has 0 aromatic heterocycles. The fourth-order valence-electron chi connectivity index (χ4n) is 4.79. The Hall–Kier alpha value is -3.19. The molecule has 0 heterocycles. The van der Waals surface area contributed by atoms with E-state index < -0.39 is 7.26 Å². The minimum atomic E-state index is -2.40. The Morgan fingerprint density at radius 3 is 1.49 bits per heavy atom. The van der Waals surface area contributed by atoms with Crippen molar-refractivity contribution in [3.63, 3.8) is 0 Å². The van der Waals surface area contributed by atoms with E-state index in [2.05, 4.69) is 155 Å². The standard InChI is InChI=1S/C32H28BrOP/c33-28-22-20-26(21-23-28)24-34-32-19-11-10-12-27(32)25-35(29-13-4-1-5-14-29,30-15-6-2-7-16-30)31-17-8-3-9-18-31/h1-23,35H,24-25H2. The van der Waals surface area contributed by atoms with Gasteiger partial charge in [-0.3, -0.25) is 0 Å². The second-order valence-electron chi connectivity index (χ2n) is 8.70. The first-order valence-electron chi connectivity index (χ1n) is 11.9. The fourth-order valence-corrected chi connectivity index (χ4v) is 9.82. The second kappa shape index (κ2) is 11.0. The SMILES string of the molecule is Brc1ccc(COc2ccccc2C[PH](c2ccccc2)(c2ccccc2)c2ccccc2)cc1. The van der Waals surface area contributed by atoms with Crippen LogP contribution in [0.4, 0.5) is 0 Å². The topological polar surface area (TPSA) is 9.23 Å². The Kier molecular flexibility index (Phi) is 7.42. The van der Waals surface area contributed by atoms with E-state index in [1.807, 2.05) is 0 Å². The van der Waals surface area contributed by atoms with E-state index in [4.69, 9.17) is 4.74 Å². The molecule has 0 radical (unpaired) electrons. The molecule has 0 atom stereocenters. The predicted octanol–water partition coefficient (Wildman–Crippen LogP) is 7.25. The average Bonchev–Trinajstić information content (AvgIpc) is 2.93. The van der Waals surface area contributed by atoms with Crippen molar-refractivity contribution in [1.29, 1.82) is 0 Å². The Morgan fingerprint density at radius 2 is 0.971 bits per heavy atom. The zero-order chi connectivity index (χ0) is 23.9. The monoisotopic (exact) mass is 538 g/mol. The van der Waals surface area contributed by atoms with Crippen LogP contribution in [0.1, 0.15) is 11.1 Å². The van der Waals surface area contributed by atoms with Crippen molar-refractivity contribution < 1.29 is 4.74 Å². The summed E-state index contributed by atoms with van der Waals surface area (Å²) in [6.07, 6.45) is 0.918. The van der Waals surface area contributed by atoms with Gasteiger partial charge in [-0.05, 0) is 0 Å². The van der Waals surface area contributed by atoms with Crippen molar-refractivity contribution in [3.8, 4) is 5.75 Å². The number of halogens is 1. The molecule has 0 bridgehead atoms. The van der Waals surface area contributed by atoms with Gasteiger partial charge in [0.1, 0.15) is 0 Å². The molecule has 0 saturated heterocycles. The molecule has 3 heteroatoms. The van der Waals surface area contributed by atoms with Crippen LogP contribution in [0.3, 0.4) is 0 Å². The number of benzene rings is 5. The van der Waals surface area contributed by atoms with Gasteiger partial charge in [0.05, 0.1) is 0 Å². The van der Waals surface area contributed by atoms with Crippen LogP contribution in [0.2, 0.25) is 0 Å². The van der Waals surface area contributed by atoms with Gasteiger partial charge >= 0.3 is 217 Å². The maximum atomic E-state index is 6.42. The van der Waals surface area contributed by atoms with Crippen molar-refractivity contribution in [2.75, 3.05) is 0 Å². The fraction of sp³-hybridized carbons (Fsp3) is 0.0625. The van der Waals surface area contributed by atoms with E-state index in [0.29, 0.717) is 6.61 Å². The third kappa shape index (κ3) is 5.25. The van der Waals surface area contributed by atoms with Crippen molar-refractivity contribution in [1.82, 2.24) is 0 Å². The molecule has 0 fully saturated rings. The third-order valence-corrected chi connectivity index (χ3v) is 11.9. The Balaban J connectivity index is 1.61. The van der Waals surface area contributed by atoms with Crippen molar-refractivity contribution in [2.45, 2.75) is 12.8 Å². The summed E-state index contributed by atoms with van der Waals surface area (Å²) in [5, 5.41) is 4.21. The Bertz CT molecular complexity index is 1260. The van der Waals surface area contributed by atoms with E-state index in [1.165, 1.54) is 21.5 Å². The molecule has 1 nitrogen and oxygen atoms in total. The summed E-state index contributed by atoms with van der Waals surface area (Å²) in [5.74, 6) is 0.954. The molecule has 0 saturated carbocycles. The van der Waals surface area contributed by atoms with E-state index in [1.54, 1.807) is 0 Å². The van der Waals surface area contributed by atoms with Gasteiger partial charge in [-0.1, -0.05) is 0 Å². The third-order valence-electron chi connectivity index (χ3n) is 6.54. The molecule has 0 aliphatic carbocycles. The molecule has 5 aromatic carbocycles. The molecule has 5 rings (SSSR count). The van der Waals surface area contributed by atoms with Crippen molar-refractivity contribution in [2.24, 2.45) is 0 Å². The first kappa shape index (κ1) is 23.5. The minimum absolute atomic E-state index is 0.543. The van der Waals surface area contributed by atoms with E-state index in [9.17, 15) is 0 Å². The summed E-state index contributed by atoms with van der Waals surface area (Å²) < 4.78 is 7.50. The second-order valence-corrected chi connectivity index (χ2v) is 13.5. The normalized spacial score (nSPS) is 11.7. The summed E-state index contributed by atoms with van der Waals surface area (Å²) >= 11 is 3.52. The van der Waals surface area contributed by atoms with Crippen LogP contribution in [-0.2, 0) is 12.8 Å². The summed E-state index contributed by atoms with van der Waals surface area (Å²) in [6.45, 7) is 0.543. The average molecular weight is 539 g/mol. The number of ether oxygens (including phenoxy) is 1. The van der Waals surface area contributed by atoms with Crippen LogP contribution < -0.4 is 20.7 Å². The van der Waals surface area contributed by atoms with E-state index >= 15 is 0 Å². The van der Waals surface area contributed by atoms with Gasteiger partial charge < -0.3 is 0 Å². The zero-order valence-electron chi connectivity index (χ0n) is 19.5. The summed E-state index contributed by atoms with van der Waals surface area (Å²) in [4.78, 5) is 0. The summed E-state index contributed by atoms with van der Waals surface area (Å²) in [7, 11) is -2.40. The zero-order valence-corrected chi connectivity index (χ0v) is 22.1. The molecule has 174 valence electrons. The van der Waals surface area contributed by atoms with Crippen molar-refractivity contribution >= 4 is 39.1 Å². The van der Waals surface area contributed by atoms with Gasteiger partial charge in [-0.15, -0.1) is 0 Å². The van der Waals surface area contributed by atoms with Gasteiger partial charge in [-0.2, -0.15) is 0 Å². The van der Waals surface area contributed by atoms with Crippen LogP contribution in [0.25, 0.3) is 0 Å². The van der Waals surface area contributed by atoms with Crippen LogP contribution in [0.5, 0.6) is 5.75 Å². The summed E-state index contributed by atoms with van der Waals surface area (Å²) in [5.41, 5.74) is 2.40. The molecule has 0 aliphatic rings. The molecule has 5 aromatic rings. The van der Waals surface area contributed by atoms with Crippen LogP contribution in [-0.4, -0.2) is 0 Å². The number of para-hydroxylation sites is 1. The van der Waals surface area contributed by atoms with Gasteiger partial charge in [-0.25, -0.2) is 0 Å². The van der Waals surface area contributed by atoms with Gasteiger partial charge in [0.25, 0.3) is 0 Å². The number of hydrogen-bond donors (Lipinski definition) is 0. The molecule has 35 heavy (non-hydrogen) atoms. The first-order chi connectivity index (χ1) is 17.3.